The summed E-state index contributed by atoms with van der Waals surface area (Å²) in [5.74, 6) is 1.23. The number of hydrogen-bond donors (Lipinski definition) is 1. The first kappa shape index (κ1) is 11.0. The van der Waals surface area contributed by atoms with Crippen molar-refractivity contribution in [1.82, 2.24) is 4.98 Å². The second-order valence-electron chi connectivity index (χ2n) is 3.87. The van der Waals surface area contributed by atoms with Gasteiger partial charge in [-0.3, -0.25) is 0 Å². The topological polar surface area (TPSA) is 48.1 Å². The van der Waals surface area contributed by atoms with Gasteiger partial charge in [-0.15, -0.1) is 0 Å². The van der Waals surface area contributed by atoms with Gasteiger partial charge >= 0.3 is 0 Å². The molecule has 0 aliphatic carbocycles. The Morgan fingerprint density at radius 2 is 2.14 bits per heavy atom. The molecule has 0 saturated heterocycles. The molecule has 0 saturated carbocycles. The van der Waals surface area contributed by atoms with Gasteiger partial charge < -0.3 is 10.5 Å². The molecule has 0 bridgehead atoms. The van der Waals surface area contributed by atoms with Crippen LogP contribution in [0.25, 0.3) is 0 Å². The van der Waals surface area contributed by atoms with Crippen molar-refractivity contribution < 1.29 is 4.74 Å². The molecule has 1 atom stereocenters. The molecule has 1 aromatic heterocycles. The quantitative estimate of drug-likeness (QED) is 0.798. The lowest BCUT2D eigenvalue weighted by Gasteiger charge is -2.13. The number of nitrogens with two attached hydrogens (primary N) is 1. The third-order valence-electron chi connectivity index (χ3n) is 2.12. The Morgan fingerprint density at radius 1 is 1.43 bits per heavy atom. The molecule has 3 nitrogen and oxygen atoms in total. The van der Waals surface area contributed by atoms with Crippen LogP contribution in [0.2, 0.25) is 0 Å². The summed E-state index contributed by atoms with van der Waals surface area (Å²) in [5, 5.41) is 0. The van der Waals surface area contributed by atoms with E-state index in [1.165, 1.54) is 0 Å². The predicted molar refractivity (Wildman–Crippen MR) is 57.2 cm³/mol. The molecule has 3 heteroatoms. The Bertz CT molecular complexity index is 269. The van der Waals surface area contributed by atoms with Gasteiger partial charge in [0.2, 0.25) is 5.88 Å². The Balaban J connectivity index is 2.66. The minimum Gasteiger partial charge on any atom is -0.481 e. The maximum Gasteiger partial charge on any atom is 0.212 e. The van der Waals surface area contributed by atoms with Gasteiger partial charge in [0, 0.05) is 18.3 Å². The maximum atomic E-state index is 6.01. The first-order valence-corrected chi connectivity index (χ1v) is 4.89. The van der Waals surface area contributed by atoms with Gasteiger partial charge in [-0.1, -0.05) is 19.9 Å². The van der Waals surface area contributed by atoms with Gasteiger partial charge in [0.25, 0.3) is 0 Å². The molecule has 0 spiro atoms. The van der Waals surface area contributed by atoms with Crippen molar-refractivity contribution in [3.63, 3.8) is 0 Å². The van der Waals surface area contributed by atoms with Crippen molar-refractivity contribution in [3.05, 3.63) is 23.9 Å². The largest absolute Gasteiger partial charge is 0.481 e. The van der Waals surface area contributed by atoms with Crippen LogP contribution in [0.1, 0.15) is 31.9 Å². The molecule has 0 aromatic carbocycles. The number of nitrogens with zero attached hydrogens (tertiary/aromatic N) is 1. The highest BCUT2D eigenvalue weighted by Crippen LogP contribution is 2.19. The van der Waals surface area contributed by atoms with E-state index in [9.17, 15) is 0 Å². The Hall–Kier alpha value is -1.09. The molecular formula is C11H18N2O. The molecule has 14 heavy (non-hydrogen) atoms. The van der Waals surface area contributed by atoms with E-state index in [1.807, 2.05) is 12.1 Å². The second kappa shape index (κ2) is 4.96. The lowest BCUT2D eigenvalue weighted by Crippen LogP contribution is -2.13. The van der Waals surface area contributed by atoms with Crippen LogP contribution in [0.3, 0.4) is 0 Å². The summed E-state index contributed by atoms with van der Waals surface area (Å²) in [6, 6.07) is 3.89. The molecule has 2 N–H and O–H groups in total. The van der Waals surface area contributed by atoms with E-state index in [4.69, 9.17) is 10.5 Å². The zero-order valence-electron chi connectivity index (χ0n) is 9.03. The van der Waals surface area contributed by atoms with Crippen LogP contribution in [-0.4, -0.2) is 12.1 Å². The summed E-state index contributed by atoms with van der Waals surface area (Å²) >= 11 is 0. The molecule has 0 aliphatic heterocycles. The SMILES string of the molecule is COc1ccc([C@H](N)CC(C)C)cn1. The second-order valence-corrected chi connectivity index (χ2v) is 3.87. The number of pyridine rings is 1. The molecule has 0 radical (unpaired) electrons. The van der Waals surface area contributed by atoms with Crippen LogP contribution < -0.4 is 10.5 Å². The van der Waals surface area contributed by atoms with Gasteiger partial charge in [0.15, 0.2) is 0 Å². The molecule has 0 unspecified atom stereocenters. The third-order valence-corrected chi connectivity index (χ3v) is 2.12. The fraction of sp³-hybridized carbons (Fsp3) is 0.545. The molecule has 0 amide bonds. The monoisotopic (exact) mass is 194 g/mol. The number of aromatic nitrogens is 1. The highest BCUT2D eigenvalue weighted by atomic mass is 16.5. The fourth-order valence-corrected chi connectivity index (χ4v) is 1.38. The van der Waals surface area contributed by atoms with E-state index >= 15 is 0 Å². The lowest BCUT2D eigenvalue weighted by atomic mass is 9.99. The molecule has 1 heterocycles. The average Bonchev–Trinajstić information content (AvgIpc) is 2.17. The number of ether oxygens (including phenoxy) is 1. The van der Waals surface area contributed by atoms with E-state index in [2.05, 4.69) is 18.8 Å². The van der Waals surface area contributed by atoms with Gasteiger partial charge in [-0.25, -0.2) is 4.98 Å². The Labute approximate surface area is 85.3 Å². The molecule has 0 aliphatic rings. The van der Waals surface area contributed by atoms with Gasteiger partial charge in [0.05, 0.1) is 7.11 Å². The van der Waals surface area contributed by atoms with Crippen molar-refractivity contribution in [3.8, 4) is 5.88 Å². The highest BCUT2D eigenvalue weighted by molar-refractivity contribution is 5.20. The zero-order chi connectivity index (χ0) is 10.6. The molecule has 1 aromatic rings. The number of rotatable bonds is 4. The fourth-order valence-electron chi connectivity index (χ4n) is 1.38. The van der Waals surface area contributed by atoms with Crippen molar-refractivity contribution in [1.29, 1.82) is 0 Å². The van der Waals surface area contributed by atoms with Crippen molar-refractivity contribution in [2.24, 2.45) is 11.7 Å². The average molecular weight is 194 g/mol. The van der Waals surface area contributed by atoms with Crippen LogP contribution >= 0.6 is 0 Å². The zero-order valence-corrected chi connectivity index (χ0v) is 9.03. The highest BCUT2D eigenvalue weighted by Gasteiger charge is 2.08. The van der Waals surface area contributed by atoms with Crippen LogP contribution in [0.5, 0.6) is 5.88 Å². The van der Waals surface area contributed by atoms with E-state index < -0.39 is 0 Å². The molecule has 1 rings (SSSR count). The van der Waals surface area contributed by atoms with Gasteiger partial charge in [0.1, 0.15) is 0 Å². The standard InChI is InChI=1S/C11H18N2O/c1-8(2)6-10(12)9-4-5-11(14-3)13-7-9/h4-5,7-8,10H,6,12H2,1-3H3/t10-/m1/s1. The smallest absolute Gasteiger partial charge is 0.212 e. The normalized spacial score (nSPS) is 12.9. The first-order valence-electron chi connectivity index (χ1n) is 4.89. The van der Waals surface area contributed by atoms with Crippen LogP contribution in [-0.2, 0) is 0 Å². The molecule has 78 valence electrons. The lowest BCUT2D eigenvalue weighted by molar-refractivity contribution is 0.397. The first-order chi connectivity index (χ1) is 6.63. The van der Waals surface area contributed by atoms with Crippen molar-refractivity contribution in [2.75, 3.05) is 7.11 Å². The molecular weight excluding hydrogens is 176 g/mol. The van der Waals surface area contributed by atoms with Crippen LogP contribution in [0.15, 0.2) is 18.3 Å². The van der Waals surface area contributed by atoms with E-state index in [0.29, 0.717) is 11.8 Å². The van der Waals surface area contributed by atoms with Gasteiger partial charge in [-0.2, -0.15) is 0 Å². The summed E-state index contributed by atoms with van der Waals surface area (Å²) < 4.78 is 4.98. The summed E-state index contributed by atoms with van der Waals surface area (Å²) in [4.78, 5) is 4.12. The van der Waals surface area contributed by atoms with Crippen LogP contribution in [0.4, 0.5) is 0 Å². The minimum atomic E-state index is 0.0772. The number of methoxy groups -OCH3 is 1. The summed E-state index contributed by atoms with van der Waals surface area (Å²) in [7, 11) is 1.61. The predicted octanol–water partition coefficient (Wildman–Crippen LogP) is 2.14. The minimum absolute atomic E-state index is 0.0772. The third kappa shape index (κ3) is 3.00. The van der Waals surface area contributed by atoms with E-state index in [-0.39, 0.29) is 6.04 Å². The summed E-state index contributed by atoms with van der Waals surface area (Å²) in [5.41, 5.74) is 7.08. The van der Waals surface area contributed by atoms with E-state index in [1.54, 1.807) is 13.3 Å². The summed E-state index contributed by atoms with van der Waals surface area (Å²) in [6.07, 6.45) is 2.76. The van der Waals surface area contributed by atoms with Gasteiger partial charge in [-0.05, 0) is 17.9 Å². The van der Waals surface area contributed by atoms with E-state index in [0.717, 1.165) is 12.0 Å². The van der Waals surface area contributed by atoms with Crippen LogP contribution in [0, 0.1) is 5.92 Å². The Morgan fingerprint density at radius 3 is 2.57 bits per heavy atom. The van der Waals surface area contributed by atoms with Crippen molar-refractivity contribution >= 4 is 0 Å². The van der Waals surface area contributed by atoms with Crippen molar-refractivity contribution in [2.45, 2.75) is 26.3 Å². The molecule has 0 fully saturated rings. The Kier molecular flexibility index (Phi) is 3.89. The maximum absolute atomic E-state index is 6.01. The number of hydrogen-bond acceptors (Lipinski definition) is 3. The summed E-state index contributed by atoms with van der Waals surface area (Å²) in [6.45, 7) is 4.33.